The molecule has 0 saturated heterocycles. The van der Waals surface area contributed by atoms with Crippen LogP contribution < -0.4 is 27.0 Å². The van der Waals surface area contributed by atoms with Gasteiger partial charge in [-0.1, -0.05) is 0 Å². The largest absolute Gasteiger partial charge is 1.00 e. The number of aliphatic hydroxyl groups excluding tert-OH is 1. The first-order chi connectivity index (χ1) is 4.86. The minimum Gasteiger partial charge on any atom is -1.00 e. The first-order valence-electron chi connectivity index (χ1n) is 3.51. The van der Waals surface area contributed by atoms with Crippen LogP contribution in [0.15, 0.2) is 0 Å². The highest BCUT2D eigenvalue weighted by molar-refractivity contribution is 5.64. The van der Waals surface area contributed by atoms with Gasteiger partial charge in [-0.05, 0) is 6.92 Å². The number of hydrogen-bond acceptors (Lipinski definition) is 3. The second-order valence-corrected chi connectivity index (χ2v) is 2.93. The summed E-state index contributed by atoms with van der Waals surface area (Å²) in [6.45, 7) is 1.40. The molecule has 0 aliphatic rings. The minimum atomic E-state index is -1.21. The Hall–Kier alpha value is -0.130. The molecule has 0 saturated carbocycles. The molecular formula is C7H17BrNO3-. The van der Waals surface area contributed by atoms with Gasteiger partial charge >= 0.3 is 0 Å². The van der Waals surface area contributed by atoms with Gasteiger partial charge in [-0.25, -0.2) is 0 Å². The average Bonchev–Trinajstić information content (AvgIpc) is 1.56. The summed E-state index contributed by atoms with van der Waals surface area (Å²) in [6, 6.07) is 0. The SMILES string of the molecule is CC(O)CC(=O)[O-].C[NH+](C)C.[Br-]. The first kappa shape index (κ1) is 17.8. The Labute approximate surface area is 84.0 Å². The zero-order chi connectivity index (χ0) is 9.44. The van der Waals surface area contributed by atoms with Gasteiger partial charge in [0.1, 0.15) is 0 Å². The smallest absolute Gasteiger partial charge is 0.0661 e. The molecule has 0 aliphatic heterocycles. The van der Waals surface area contributed by atoms with Crippen molar-refractivity contribution < 1.29 is 36.9 Å². The molecule has 0 aromatic rings. The lowest BCUT2D eigenvalue weighted by Gasteiger charge is -2.01. The Morgan fingerprint density at radius 1 is 1.50 bits per heavy atom. The predicted molar refractivity (Wildman–Crippen MR) is 40.0 cm³/mol. The second kappa shape index (κ2) is 10.9. The molecule has 4 nitrogen and oxygen atoms in total. The number of hydrogen-bond donors (Lipinski definition) is 2. The maximum Gasteiger partial charge on any atom is 0.0661 e. The molecule has 0 amide bonds. The van der Waals surface area contributed by atoms with Crippen LogP contribution in [-0.4, -0.2) is 38.3 Å². The van der Waals surface area contributed by atoms with Gasteiger partial charge in [0.05, 0.1) is 27.2 Å². The van der Waals surface area contributed by atoms with Crippen molar-refractivity contribution in [1.29, 1.82) is 0 Å². The van der Waals surface area contributed by atoms with Crippen LogP contribution in [0.3, 0.4) is 0 Å². The van der Waals surface area contributed by atoms with E-state index in [9.17, 15) is 9.90 Å². The van der Waals surface area contributed by atoms with Crippen molar-refractivity contribution in [3.05, 3.63) is 0 Å². The van der Waals surface area contributed by atoms with Crippen LogP contribution in [0.1, 0.15) is 13.3 Å². The van der Waals surface area contributed by atoms with Crippen molar-refractivity contribution in [1.82, 2.24) is 0 Å². The van der Waals surface area contributed by atoms with Crippen molar-refractivity contribution >= 4 is 5.97 Å². The highest BCUT2D eigenvalue weighted by atomic mass is 79.9. The van der Waals surface area contributed by atoms with Gasteiger partial charge in [0.25, 0.3) is 0 Å². The van der Waals surface area contributed by atoms with Gasteiger partial charge in [0, 0.05) is 12.4 Å². The van der Waals surface area contributed by atoms with Crippen LogP contribution in [0.5, 0.6) is 0 Å². The zero-order valence-corrected chi connectivity index (χ0v) is 9.51. The summed E-state index contributed by atoms with van der Waals surface area (Å²) in [5.74, 6) is -1.21. The third-order valence-corrected chi connectivity index (χ3v) is 0.462. The number of aliphatic carboxylic acids is 1. The molecule has 0 radical (unpaired) electrons. The molecule has 5 heteroatoms. The van der Waals surface area contributed by atoms with E-state index in [0.717, 1.165) is 0 Å². The van der Waals surface area contributed by atoms with E-state index in [2.05, 4.69) is 21.1 Å². The predicted octanol–water partition coefficient (Wildman–Crippen LogP) is -5.73. The van der Waals surface area contributed by atoms with Gasteiger partial charge < -0.3 is 36.9 Å². The Bertz CT molecular complexity index is 104. The summed E-state index contributed by atoms with van der Waals surface area (Å²) >= 11 is 0. The van der Waals surface area contributed by atoms with Gasteiger partial charge in [-0.3, -0.25) is 0 Å². The summed E-state index contributed by atoms with van der Waals surface area (Å²) in [5.41, 5.74) is 0. The molecule has 0 aliphatic carbocycles. The topological polar surface area (TPSA) is 64.8 Å². The van der Waals surface area contributed by atoms with Crippen molar-refractivity contribution in [2.75, 3.05) is 21.1 Å². The van der Waals surface area contributed by atoms with E-state index in [1.807, 2.05) is 0 Å². The van der Waals surface area contributed by atoms with Crippen molar-refractivity contribution in [3.63, 3.8) is 0 Å². The van der Waals surface area contributed by atoms with E-state index >= 15 is 0 Å². The maximum atomic E-state index is 9.54. The van der Waals surface area contributed by atoms with Crippen molar-refractivity contribution in [2.24, 2.45) is 0 Å². The third kappa shape index (κ3) is 51.8. The number of carbonyl (C=O) groups is 1. The summed E-state index contributed by atoms with van der Waals surface area (Å²) in [7, 11) is 6.25. The molecule has 0 bridgehead atoms. The lowest BCUT2D eigenvalue weighted by atomic mass is 10.3. The second-order valence-electron chi connectivity index (χ2n) is 2.93. The molecule has 76 valence electrons. The minimum absolute atomic E-state index is 0. The number of rotatable bonds is 2. The fourth-order valence-electron chi connectivity index (χ4n) is 0.241. The number of halogens is 1. The summed E-state index contributed by atoms with van der Waals surface area (Å²) in [4.78, 5) is 11.0. The molecular weight excluding hydrogens is 226 g/mol. The van der Waals surface area contributed by atoms with Crippen molar-refractivity contribution in [2.45, 2.75) is 19.4 Å². The molecule has 1 unspecified atom stereocenters. The number of carboxylic acids is 1. The Kier molecular flexibility index (Phi) is 16.1. The molecule has 0 aromatic carbocycles. The quantitative estimate of drug-likeness (QED) is 0.508. The fraction of sp³-hybridized carbons (Fsp3) is 0.857. The van der Waals surface area contributed by atoms with Crippen LogP contribution >= 0.6 is 0 Å². The Morgan fingerprint density at radius 2 is 1.75 bits per heavy atom. The van der Waals surface area contributed by atoms with Gasteiger partial charge in [-0.2, -0.15) is 0 Å². The lowest BCUT2D eigenvalue weighted by molar-refractivity contribution is -0.836. The van der Waals surface area contributed by atoms with Gasteiger partial charge in [0.15, 0.2) is 0 Å². The van der Waals surface area contributed by atoms with Crippen LogP contribution in [0.4, 0.5) is 0 Å². The molecule has 12 heavy (non-hydrogen) atoms. The van der Waals surface area contributed by atoms with Gasteiger partial charge in [0.2, 0.25) is 0 Å². The molecule has 1 atom stereocenters. The summed E-state index contributed by atoms with van der Waals surface area (Å²) in [6.07, 6.45) is -1.06. The number of carbonyl (C=O) groups excluding carboxylic acids is 1. The standard InChI is InChI=1S/C4H8O3.C3H9N.BrH/c1-3(5)2-4(6)7;1-4(2)3;/h3,5H,2H2,1H3,(H,6,7);1-3H3;1H/p-1. The molecule has 0 spiro atoms. The summed E-state index contributed by atoms with van der Waals surface area (Å²) < 4.78 is 0. The monoisotopic (exact) mass is 242 g/mol. The first-order valence-corrected chi connectivity index (χ1v) is 3.51. The highest BCUT2D eigenvalue weighted by Crippen LogP contribution is 1.83. The van der Waals surface area contributed by atoms with E-state index < -0.39 is 12.1 Å². The number of quaternary nitrogens is 1. The van der Waals surface area contributed by atoms with Crippen LogP contribution in [0.2, 0.25) is 0 Å². The maximum absolute atomic E-state index is 9.54. The summed E-state index contributed by atoms with van der Waals surface area (Å²) in [5, 5.41) is 17.8. The highest BCUT2D eigenvalue weighted by Gasteiger charge is 1.91. The van der Waals surface area contributed by atoms with Crippen LogP contribution in [0, 0.1) is 0 Å². The van der Waals surface area contributed by atoms with E-state index in [1.54, 1.807) is 0 Å². The Morgan fingerprint density at radius 3 is 1.75 bits per heavy atom. The molecule has 0 fully saturated rings. The number of aliphatic hydroxyl groups is 1. The normalized spacial score (nSPS) is 10.8. The number of nitrogens with one attached hydrogen (secondary N) is 1. The van der Waals surface area contributed by atoms with Crippen molar-refractivity contribution in [3.8, 4) is 0 Å². The zero-order valence-electron chi connectivity index (χ0n) is 7.93. The molecule has 2 N–H and O–H groups in total. The van der Waals surface area contributed by atoms with E-state index in [4.69, 9.17) is 5.11 Å². The third-order valence-electron chi connectivity index (χ3n) is 0.462. The van der Waals surface area contributed by atoms with Gasteiger partial charge in [-0.15, -0.1) is 0 Å². The molecule has 0 rings (SSSR count). The van der Waals surface area contributed by atoms with Crippen LogP contribution in [-0.2, 0) is 4.79 Å². The number of carboxylic acid groups (broad SMARTS) is 1. The molecule has 0 aromatic heterocycles. The van der Waals surface area contributed by atoms with E-state index in [1.165, 1.54) is 11.8 Å². The Balaban J connectivity index is -0.000000142. The van der Waals surface area contributed by atoms with E-state index in [-0.39, 0.29) is 23.4 Å². The average molecular weight is 243 g/mol. The lowest BCUT2D eigenvalue weighted by Crippen LogP contribution is -3.02. The van der Waals surface area contributed by atoms with Crippen LogP contribution in [0.25, 0.3) is 0 Å². The molecule has 0 heterocycles. The fourth-order valence-corrected chi connectivity index (χ4v) is 0.241. The van der Waals surface area contributed by atoms with E-state index in [0.29, 0.717) is 0 Å².